The second-order valence-electron chi connectivity index (χ2n) is 3.18. The molecule has 1 aromatic rings. The van der Waals surface area contributed by atoms with Crippen molar-refractivity contribution in [3.63, 3.8) is 0 Å². The van der Waals surface area contributed by atoms with Crippen LogP contribution in [0.5, 0.6) is 5.75 Å². The fourth-order valence-electron chi connectivity index (χ4n) is 1.33. The summed E-state index contributed by atoms with van der Waals surface area (Å²) >= 11 is 0. The summed E-state index contributed by atoms with van der Waals surface area (Å²) in [6.07, 6.45) is -0.717. The van der Waals surface area contributed by atoms with Gasteiger partial charge in [0, 0.05) is 6.61 Å². The minimum Gasteiger partial charge on any atom is -0.508 e. The van der Waals surface area contributed by atoms with Gasteiger partial charge in [0.15, 0.2) is 6.10 Å². The average Bonchev–Trinajstić information content (AvgIpc) is 2.28. The van der Waals surface area contributed by atoms with Crippen molar-refractivity contribution in [2.45, 2.75) is 20.0 Å². The highest BCUT2D eigenvalue weighted by Crippen LogP contribution is 2.21. The summed E-state index contributed by atoms with van der Waals surface area (Å²) < 4.78 is 10.2. The maximum Gasteiger partial charge on any atom is 0.339 e. The molecule has 0 amide bonds. The molecule has 0 aliphatic carbocycles. The lowest BCUT2D eigenvalue weighted by Crippen LogP contribution is -2.18. The Morgan fingerprint density at radius 2 is 1.88 bits per heavy atom. The Bertz CT molecular complexity index is 331. The molecular weight excluding hydrogens is 208 g/mol. The second-order valence-corrected chi connectivity index (χ2v) is 3.18. The molecule has 0 saturated heterocycles. The number of ether oxygens (including phenoxy) is 2. The van der Waals surface area contributed by atoms with Gasteiger partial charge >= 0.3 is 5.97 Å². The fraction of sp³-hybridized carbons (Fsp3) is 0.417. The van der Waals surface area contributed by atoms with E-state index in [1.807, 2.05) is 6.92 Å². The Morgan fingerprint density at radius 1 is 1.25 bits per heavy atom. The van der Waals surface area contributed by atoms with E-state index in [0.29, 0.717) is 18.8 Å². The summed E-state index contributed by atoms with van der Waals surface area (Å²) in [6.45, 7) is 4.30. The Morgan fingerprint density at radius 3 is 2.38 bits per heavy atom. The third-order valence-electron chi connectivity index (χ3n) is 2.03. The summed E-state index contributed by atoms with van der Waals surface area (Å²) in [5.74, 6) is -0.252. The summed E-state index contributed by atoms with van der Waals surface area (Å²) in [4.78, 5) is 11.6. The van der Waals surface area contributed by atoms with Gasteiger partial charge in [-0.05, 0) is 31.5 Å². The van der Waals surface area contributed by atoms with Crippen molar-refractivity contribution in [3.05, 3.63) is 29.8 Å². The predicted octanol–water partition coefficient (Wildman–Crippen LogP) is 2.03. The molecule has 0 heterocycles. The number of aromatic hydroxyl groups is 1. The van der Waals surface area contributed by atoms with Gasteiger partial charge in [0.25, 0.3) is 0 Å². The van der Waals surface area contributed by atoms with E-state index in [1.54, 1.807) is 19.1 Å². The monoisotopic (exact) mass is 224 g/mol. The van der Waals surface area contributed by atoms with Crippen LogP contribution in [-0.4, -0.2) is 24.3 Å². The molecule has 0 saturated carbocycles. The number of benzene rings is 1. The molecule has 0 aliphatic heterocycles. The van der Waals surface area contributed by atoms with Crippen LogP contribution in [0.25, 0.3) is 0 Å². The van der Waals surface area contributed by atoms with Gasteiger partial charge in [-0.15, -0.1) is 0 Å². The van der Waals surface area contributed by atoms with Crippen molar-refractivity contribution in [1.29, 1.82) is 0 Å². The number of phenols is 1. The molecule has 0 aromatic heterocycles. The van der Waals surface area contributed by atoms with E-state index in [1.165, 1.54) is 12.1 Å². The molecule has 0 radical (unpaired) electrons. The summed E-state index contributed by atoms with van der Waals surface area (Å²) in [5.41, 5.74) is 0.679. The van der Waals surface area contributed by atoms with E-state index < -0.39 is 12.1 Å². The highest BCUT2D eigenvalue weighted by Gasteiger charge is 2.21. The number of phenolic OH excluding ortho intramolecular Hbond substituents is 1. The van der Waals surface area contributed by atoms with Crippen molar-refractivity contribution in [2.75, 3.05) is 13.2 Å². The topological polar surface area (TPSA) is 55.8 Å². The van der Waals surface area contributed by atoms with Gasteiger partial charge in [-0.3, -0.25) is 0 Å². The molecule has 0 aliphatic rings. The largest absolute Gasteiger partial charge is 0.508 e. The van der Waals surface area contributed by atoms with Crippen molar-refractivity contribution in [2.24, 2.45) is 0 Å². The molecule has 88 valence electrons. The standard InChI is InChI=1S/C12H16O4/c1-3-15-11(12(14)16-4-2)9-5-7-10(13)8-6-9/h5-8,11,13H,3-4H2,1-2H3/t11-/m0/s1. The van der Waals surface area contributed by atoms with Crippen LogP contribution >= 0.6 is 0 Å². The van der Waals surface area contributed by atoms with E-state index in [-0.39, 0.29) is 5.75 Å². The number of hydrogen-bond donors (Lipinski definition) is 1. The molecule has 4 heteroatoms. The van der Waals surface area contributed by atoms with E-state index >= 15 is 0 Å². The second kappa shape index (κ2) is 6.12. The van der Waals surface area contributed by atoms with E-state index in [9.17, 15) is 4.79 Å². The van der Waals surface area contributed by atoms with Crippen LogP contribution in [0.4, 0.5) is 0 Å². The van der Waals surface area contributed by atoms with Crippen molar-refractivity contribution in [3.8, 4) is 5.75 Å². The van der Waals surface area contributed by atoms with Crippen molar-refractivity contribution in [1.82, 2.24) is 0 Å². The number of rotatable bonds is 5. The molecule has 1 N–H and O–H groups in total. The zero-order valence-corrected chi connectivity index (χ0v) is 9.47. The van der Waals surface area contributed by atoms with E-state index in [4.69, 9.17) is 14.6 Å². The molecular formula is C12H16O4. The van der Waals surface area contributed by atoms with Crippen LogP contribution < -0.4 is 0 Å². The third kappa shape index (κ3) is 3.24. The van der Waals surface area contributed by atoms with Gasteiger partial charge in [-0.2, -0.15) is 0 Å². The first-order valence-electron chi connectivity index (χ1n) is 5.26. The molecule has 16 heavy (non-hydrogen) atoms. The molecule has 0 fully saturated rings. The minimum absolute atomic E-state index is 0.155. The van der Waals surface area contributed by atoms with E-state index in [2.05, 4.69) is 0 Å². The highest BCUT2D eigenvalue weighted by molar-refractivity contribution is 5.76. The zero-order valence-electron chi connectivity index (χ0n) is 9.47. The fourth-order valence-corrected chi connectivity index (χ4v) is 1.33. The summed E-state index contributed by atoms with van der Waals surface area (Å²) in [6, 6.07) is 6.32. The Hall–Kier alpha value is -1.55. The van der Waals surface area contributed by atoms with Crippen LogP contribution in [0.15, 0.2) is 24.3 Å². The Balaban J connectivity index is 2.84. The number of hydrogen-bond acceptors (Lipinski definition) is 4. The lowest BCUT2D eigenvalue weighted by Gasteiger charge is -2.15. The van der Waals surface area contributed by atoms with Gasteiger partial charge in [-0.1, -0.05) is 12.1 Å². The minimum atomic E-state index is -0.717. The van der Waals surface area contributed by atoms with Gasteiger partial charge in [0.2, 0.25) is 0 Å². The Labute approximate surface area is 94.8 Å². The molecule has 4 nitrogen and oxygen atoms in total. The molecule has 0 unspecified atom stereocenters. The quantitative estimate of drug-likeness (QED) is 0.777. The Kier molecular flexibility index (Phi) is 4.79. The highest BCUT2D eigenvalue weighted by atomic mass is 16.6. The van der Waals surface area contributed by atoms with Crippen LogP contribution in [0.1, 0.15) is 25.5 Å². The first-order chi connectivity index (χ1) is 7.69. The summed E-state index contributed by atoms with van der Waals surface area (Å²) in [7, 11) is 0. The number of carbonyl (C=O) groups excluding carboxylic acids is 1. The smallest absolute Gasteiger partial charge is 0.339 e. The van der Waals surface area contributed by atoms with Crippen LogP contribution in [0.2, 0.25) is 0 Å². The first-order valence-corrected chi connectivity index (χ1v) is 5.26. The van der Waals surface area contributed by atoms with Crippen molar-refractivity contribution >= 4 is 5.97 Å². The van der Waals surface area contributed by atoms with Crippen LogP contribution in [0.3, 0.4) is 0 Å². The molecule has 1 rings (SSSR count). The van der Waals surface area contributed by atoms with Gasteiger partial charge in [0.1, 0.15) is 5.75 Å². The lowest BCUT2D eigenvalue weighted by atomic mass is 10.1. The maximum absolute atomic E-state index is 11.6. The normalized spacial score (nSPS) is 12.1. The predicted molar refractivity (Wildman–Crippen MR) is 59.1 cm³/mol. The SMILES string of the molecule is CCOC(=O)[C@@H](OCC)c1ccc(O)cc1. The van der Waals surface area contributed by atoms with Gasteiger partial charge < -0.3 is 14.6 Å². The number of carbonyl (C=O) groups is 1. The lowest BCUT2D eigenvalue weighted by molar-refractivity contribution is -0.157. The molecule has 0 spiro atoms. The average molecular weight is 224 g/mol. The molecule has 0 bridgehead atoms. The van der Waals surface area contributed by atoms with Gasteiger partial charge in [-0.25, -0.2) is 4.79 Å². The summed E-state index contributed by atoms with van der Waals surface area (Å²) in [5, 5.41) is 9.15. The molecule has 1 atom stereocenters. The maximum atomic E-state index is 11.6. The van der Waals surface area contributed by atoms with Crippen LogP contribution in [0, 0.1) is 0 Å². The van der Waals surface area contributed by atoms with E-state index in [0.717, 1.165) is 0 Å². The zero-order chi connectivity index (χ0) is 12.0. The first kappa shape index (κ1) is 12.5. The number of esters is 1. The van der Waals surface area contributed by atoms with Gasteiger partial charge in [0.05, 0.1) is 6.61 Å². The van der Waals surface area contributed by atoms with Crippen LogP contribution in [-0.2, 0) is 14.3 Å². The van der Waals surface area contributed by atoms with Crippen molar-refractivity contribution < 1.29 is 19.4 Å². The molecule has 1 aromatic carbocycles. The third-order valence-corrected chi connectivity index (χ3v) is 2.03.